The number of nitrogens with zero attached hydrogens (tertiary/aromatic N) is 1. The van der Waals surface area contributed by atoms with E-state index in [9.17, 15) is 9.18 Å². The zero-order chi connectivity index (χ0) is 14.7. The van der Waals surface area contributed by atoms with Crippen molar-refractivity contribution in [3.05, 3.63) is 29.6 Å². The first-order valence-corrected chi connectivity index (χ1v) is 6.43. The topological polar surface area (TPSA) is 59.0 Å². The van der Waals surface area contributed by atoms with Gasteiger partial charge in [0.1, 0.15) is 11.6 Å². The third kappa shape index (κ3) is 2.91. The van der Waals surface area contributed by atoms with E-state index in [4.69, 9.17) is 14.6 Å². The molecule has 1 aliphatic rings. The van der Waals surface area contributed by atoms with E-state index in [1.165, 1.54) is 24.1 Å². The number of ether oxygens (including phenoxy) is 2. The maximum Gasteiger partial charge on any atom is 0.257 e. The van der Waals surface area contributed by atoms with Crippen LogP contribution in [0.5, 0.6) is 5.75 Å². The molecule has 110 valence electrons. The van der Waals surface area contributed by atoms with Crippen molar-refractivity contribution in [2.75, 3.05) is 26.9 Å². The molecule has 6 heteroatoms. The summed E-state index contributed by atoms with van der Waals surface area (Å²) in [7, 11) is 1.44. The Kier molecular flexibility index (Phi) is 4.57. The number of rotatable bonds is 3. The Hall–Kier alpha value is -1.66. The van der Waals surface area contributed by atoms with Crippen LogP contribution in [0.3, 0.4) is 0 Å². The molecule has 5 nitrogen and oxygen atoms in total. The van der Waals surface area contributed by atoms with E-state index in [1.54, 1.807) is 6.07 Å². The van der Waals surface area contributed by atoms with E-state index in [0.717, 1.165) is 0 Å². The number of halogens is 1. The van der Waals surface area contributed by atoms with Crippen LogP contribution in [0.25, 0.3) is 0 Å². The average molecular weight is 283 g/mol. The lowest BCUT2D eigenvalue weighted by Crippen LogP contribution is -2.52. The van der Waals surface area contributed by atoms with Crippen molar-refractivity contribution in [3.63, 3.8) is 0 Å². The molecule has 1 aliphatic heterocycles. The standard InChI is InChI=1S/C14H18FNO4/c1-9-8-20-11(7-17)6-16(9)14(18)12-4-3-10(19-2)5-13(12)15/h3-5,9,11,17H,6-8H2,1-2H3. The number of aliphatic hydroxyl groups excluding tert-OH is 1. The van der Waals surface area contributed by atoms with Crippen molar-refractivity contribution < 1.29 is 23.8 Å². The lowest BCUT2D eigenvalue weighted by atomic mass is 10.1. The number of carbonyl (C=O) groups is 1. The predicted molar refractivity (Wildman–Crippen MR) is 70.3 cm³/mol. The summed E-state index contributed by atoms with van der Waals surface area (Å²) < 4.78 is 24.2. The number of carbonyl (C=O) groups excluding carboxylic acids is 1. The second kappa shape index (κ2) is 6.19. The second-order valence-corrected chi connectivity index (χ2v) is 4.79. The molecular formula is C14H18FNO4. The summed E-state index contributed by atoms with van der Waals surface area (Å²) >= 11 is 0. The molecule has 1 N–H and O–H groups in total. The van der Waals surface area contributed by atoms with Crippen LogP contribution >= 0.6 is 0 Å². The zero-order valence-corrected chi connectivity index (χ0v) is 11.5. The molecule has 0 aromatic heterocycles. The number of hydrogen-bond donors (Lipinski definition) is 1. The summed E-state index contributed by atoms with van der Waals surface area (Å²) in [6.45, 7) is 2.24. The number of methoxy groups -OCH3 is 1. The van der Waals surface area contributed by atoms with E-state index >= 15 is 0 Å². The van der Waals surface area contributed by atoms with Crippen molar-refractivity contribution >= 4 is 5.91 Å². The van der Waals surface area contributed by atoms with Crippen LogP contribution in [0.4, 0.5) is 4.39 Å². The molecule has 0 spiro atoms. The number of benzene rings is 1. The monoisotopic (exact) mass is 283 g/mol. The molecule has 1 heterocycles. The molecule has 0 saturated carbocycles. The fourth-order valence-electron chi connectivity index (χ4n) is 2.16. The highest BCUT2D eigenvalue weighted by molar-refractivity contribution is 5.95. The minimum Gasteiger partial charge on any atom is -0.497 e. The van der Waals surface area contributed by atoms with Gasteiger partial charge in [-0.25, -0.2) is 4.39 Å². The van der Waals surface area contributed by atoms with Crippen LogP contribution < -0.4 is 4.74 Å². The zero-order valence-electron chi connectivity index (χ0n) is 11.5. The highest BCUT2D eigenvalue weighted by atomic mass is 19.1. The molecule has 0 radical (unpaired) electrons. The molecule has 0 aliphatic carbocycles. The van der Waals surface area contributed by atoms with Gasteiger partial charge in [0.15, 0.2) is 0 Å². The number of amides is 1. The summed E-state index contributed by atoms with van der Waals surface area (Å²) in [6, 6.07) is 3.98. The Balaban J connectivity index is 2.21. The van der Waals surface area contributed by atoms with Gasteiger partial charge in [-0.1, -0.05) is 0 Å². The lowest BCUT2D eigenvalue weighted by molar-refractivity contribution is -0.0668. The third-order valence-electron chi connectivity index (χ3n) is 3.38. The van der Waals surface area contributed by atoms with Crippen LogP contribution in [0, 0.1) is 5.82 Å². The summed E-state index contributed by atoms with van der Waals surface area (Å²) in [5.41, 5.74) is -0.00348. The van der Waals surface area contributed by atoms with E-state index in [0.29, 0.717) is 12.4 Å². The van der Waals surface area contributed by atoms with Crippen molar-refractivity contribution in [1.82, 2.24) is 4.90 Å². The van der Waals surface area contributed by atoms with Crippen molar-refractivity contribution in [3.8, 4) is 5.75 Å². The molecule has 1 amide bonds. The first-order valence-electron chi connectivity index (χ1n) is 6.43. The molecule has 1 aromatic carbocycles. The Bertz CT molecular complexity index is 494. The average Bonchev–Trinajstić information content (AvgIpc) is 2.47. The molecule has 1 fully saturated rings. The molecule has 1 aromatic rings. The van der Waals surface area contributed by atoms with Crippen molar-refractivity contribution in [2.45, 2.75) is 19.1 Å². The van der Waals surface area contributed by atoms with Gasteiger partial charge in [-0.05, 0) is 19.1 Å². The maximum absolute atomic E-state index is 13.9. The quantitative estimate of drug-likeness (QED) is 0.901. The molecule has 20 heavy (non-hydrogen) atoms. The van der Waals surface area contributed by atoms with E-state index in [-0.39, 0.29) is 24.8 Å². The molecule has 2 atom stereocenters. The van der Waals surface area contributed by atoms with E-state index in [2.05, 4.69) is 0 Å². The molecule has 0 bridgehead atoms. The van der Waals surface area contributed by atoms with E-state index in [1.807, 2.05) is 6.92 Å². The fraction of sp³-hybridized carbons (Fsp3) is 0.500. The largest absolute Gasteiger partial charge is 0.497 e. The van der Waals surface area contributed by atoms with Gasteiger partial charge in [-0.3, -0.25) is 4.79 Å². The minimum atomic E-state index is -0.617. The lowest BCUT2D eigenvalue weighted by Gasteiger charge is -2.37. The summed E-state index contributed by atoms with van der Waals surface area (Å²) in [5, 5.41) is 9.12. The van der Waals surface area contributed by atoms with Crippen molar-refractivity contribution in [2.24, 2.45) is 0 Å². The van der Waals surface area contributed by atoms with Gasteiger partial charge in [0.25, 0.3) is 5.91 Å². The highest BCUT2D eigenvalue weighted by Gasteiger charge is 2.31. The first-order chi connectivity index (χ1) is 9.56. The van der Waals surface area contributed by atoms with Gasteiger partial charge in [0, 0.05) is 12.6 Å². The van der Waals surface area contributed by atoms with Gasteiger partial charge < -0.3 is 19.5 Å². The summed E-state index contributed by atoms with van der Waals surface area (Å²) in [6.07, 6.45) is -0.420. The van der Waals surface area contributed by atoms with Gasteiger partial charge in [0.2, 0.25) is 0 Å². The van der Waals surface area contributed by atoms with Crippen LogP contribution in [-0.4, -0.2) is 54.9 Å². The van der Waals surface area contributed by atoms with Crippen molar-refractivity contribution in [1.29, 1.82) is 0 Å². The predicted octanol–water partition coefficient (Wildman–Crippen LogP) is 1.06. The Morgan fingerprint density at radius 1 is 1.60 bits per heavy atom. The first kappa shape index (κ1) is 14.7. The molecule has 2 rings (SSSR count). The Morgan fingerprint density at radius 2 is 2.35 bits per heavy atom. The smallest absolute Gasteiger partial charge is 0.257 e. The number of morpholine rings is 1. The van der Waals surface area contributed by atoms with Gasteiger partial charge in [0.05, 0.1) is 38.0 Å². The van der Waals surface area contributed by atoms with Gasteiger partial charge in [-0.2, -0.15) is 0 Å². The normalized spacial score (nSPS) is 22.7. The molecular weight excluding hydrogens is 265 g/mol. The molecule has 1 saturated heterocycles. The highest BCUT2D eigenvalue weighted by Crippen LogP contribution is 2.20. The third-order valence-corrected chi connectivity index (χ3v) is 3.38. The van der Waals surface area contributed by atoms with Gasteiger partial charge in [-0.15, -0.1) is 0 Å². The van der Waals surface area contributed by atoms with Crippen LogP contribution in [0.1, 0.15) is 17.3 Å². The maximum atomic E-state index is 13.9. The van der Waals surface area contributed by atoms with Crippen LogP contribution in [0.15, 0.2) is 18.2 Å². The van der Waals surface area contributed by atoms with Crippen LogP contribution in [0.2, 0.25) is 0 Å². The van der Waals surface area contributed by atoms with Gasteiger partial charge >= 0.3 is 0 Å². The second-order valence-electron chi connectivity index (χ2n) is 4.79. The molecule has 2 unspecified atom stereocenters. The van der Waals surface area contributed by atoms with E-state index < -0.39 is 17.8 Å². The fourth-order valence-corrected chi connectivity index (χ4v) is 2.16. The summed E-state index contributed by atoms with van der Waals surface area (Å²) in [5.74, 6) is -0.657. The summed E-state index contributed by atoms with van der Waals surface area (Å²) in [4.78, 5) is 13.9. The minimum absolute atomic E-state index is 0.00348. The Labute approximate surface area is 116 Å². The SMILES string of the molecule is COc1ccc(C(=O)N2CC(CO)OCC2C)c(F)c1. The van der Waals surface area contributed by atoms with Crippen LogP contribution in [-0.2, 0) is 4.74 Å². The number of hydrogen-bond acceptors (Lipinski definition) is 4. The number of aliphatic hydroxyl groups is 1. The Morgan fingerprint density at radius 3 is 2.95 bits per heavy atom.